The van der Waals surface area contributed by atoms with Gasteiger partial charge in [-0.2, -0.15) is 0 Å². The Hall–Kier alpha value is -1.24. The van der Waals surface area contributed by atoms with Gasteiger partial charge in [-0.25, -0.2) is 8.78 Å². The fourth-order valence-electron chi connectivity index (χ4n) is 2.28. The summed E-state index contributed by atoms with van der Waals surface area (Å²) >= 11 is 0. The van der Waals surface area contributed by atoms with Crippen LogP contribution >= 0.6 is 0 Å². The molecule has 120 valence electrons. The Labute approximate surface area is 124 Å². The van der Waals surface area contributed by atoms with Gasteiger partial charge in [0.25, 0.3) is 0 Å². The maximum atomic E-state index is 14.3. The molecule has 1 aromatic rings. The predicted molar refractivity (Wildman–Crippen MR) is 79.7 cm³/mol. The first kappa shape index (κ1) is 17.8. The van der Waals surface area contributed by atoms with Crippen LogP contribution in [0.15, 0.2) is 12.1 Å². The third-order valence-corrected chi connectivity index (χ3v) is 3.27. The number of anilines is 1. The van der Waals surface area contributed by atoms with Crippen LogP contribution in [0.1, 0.15) is 12.5 Å². The van der Waals surface area contributed by atoms with Gasteiger partial charge in [-0.3, -0.25) is 0 Å². The highest BCUT2D eigenvalue weighted by atomic mass is 19.1. The molecule has 0 aliphatic rings. The molecule has 0 saturated carbocycles. The van der Waals surface area contributed by atoms with E-state index in [1.807, 2.05) is 6.92 Å². The molecule has 1 unspecified atom stereocenters. The van der Waals surface area contributed by atoms with Crippen molar-refractivity contribution in [3.8, 4) is 0 Å². The van der Waals surface area contributed by atoms with Crippen LogP contribution in [0.3, 0.4) is 0 Å². The Morgan fingerprint density at radius 2 is 1.81 bits per heavy atom. The molecule has 0 aliphatic heterocycles. The van der Waals surface area contributed by atoms with Crippen molar-refractivity contribution in [1.29, 1.82) is 0 Å². The fraction of sp³-hybridized carbons (Fsp3) is 0.600. The molecule has 4 nitrogen and oxygen atoms in total. The van der Waals surface area contributed by atoms with Gasteiger partial charge in [0.2, 0.25) is 0 Å². The lowest BCUT2D eigenvalue weighted by atomic mass is 10.1. The SMILES string of the molecule is COCCN(c1c(F)cc(CCN)cc1F)C(C)COC. The van der Waals surface area contributed by atoms with Crippen molar-refractivity contribution in [3.63, 3.8) is 0 Å². The number of hydrogen-bond donors (Lipinski definition) is 1. The van der Waals surface area contributed by atoms with Crippen LogP contribution in [0.4, 0.5) is 14.5 Å². The summed E-state index contributed by atoms with van der Waals surface area (Å²) in [5.41, 5.74) is 5.94. The summed E-state index contributed by atoms with van der Waals surface area (Å²) < 4.78 is 38.7. The molecule has 0 fully saturated rings. The number of halogens is 2. The molecule has 1 atom stereocenters. The largest absolute Gasteiger partial charge is 0.383 e. The van der Waals surface area contributed by atoms with E-state index < -0.39 is 11.6 Å². The molecular weight excluding hydrogens is 278 g/mol. The van der Waals surface area contributed by atoms with E-state index in [1.54, 1.807) is 19.1 Å². The van der Waals surface area contributed by atoms with E-state index in [4.69, 9.17) is 15.2 Å². The number of ether oxygens (including phenoxy) is 2. The number of nitrogens with zero attached hydrogens (tertiary/aromatic N) is 1. The Bertz CT molecular complexity index is 421. The van der Waals surface area contributed by atoms with E-state index in [0.717, 1.165) is 0 Å². The van der Waals surface area contributed by atoms with Gasteiger partial charge in [0, 0.05) is 26.8 Å². The Kier molecular flexibility index (Phi) is 7.56. The van der Waals surface area contributed by atoms with E-state index in [2.05, 4.69) is 0 Å². The Balaban J connectivity index is 3.10. The van der Waals surface area contributed by atoms with E-state index in [9.17, 15) is 8.78 Å². The summed E-state index contributed by atoms with van der Waals surface area (Å²) in [6, 6.07) is 2.50. The summed E-state index contributed by atoms with van der Waals surface area (Å²) in [6.45, 7) is 3.33. The Morgan fingerprint density at radius 1 is 1.19 bits per heavy atom. The summed E-state index contributed by atoms with van der Waals surface area (Å²) in [4.78, 5) is 1.63. The van der Waals surface area contributed by atoms with E-state index in [0.29, 0.717) is 38.3 Å². The second kappa shape index (κ2) is 8.92. The average molecular weight is 302 g/mol. The Morgan fingerprint density at radius 3 is 2.29 bits per heavy atom. The van der Waals surface area contributed by atoms with Gasteiger partial charge in [-0.15, -0.1) is 0 Å². The van der Waals surface area contributed by atoms with Crippen molar-refractivity contribution >= 4 is 5.69 Å². The molecule has 0 aliphatic carbocycles. The zero-order valence-electron chi connectivity index (χ0n) is 12.9. The van der Waals surface area contributed by atoms with Crippen LogP contribution in [0, 0.1) is 11.6 Å². The van der Waals surface area contributed by atoms with Gasteiger partial charge in [0.1, 0.15) is 17.3 Å². The smallest absolute Gasteiger partial charge is 0.149 e. The van der Waals surface area contributed by atoms with Gasteiger partial charge in [0.05, 0.1) is 13.2 Å². The molecule has 21 heavy (non-hydrogen) atoms. The number of hydrogen-bond acceptors (Lipinski definition) is 4. The lowest BCUT2D eigenvalue weighted by Gasteiger charge is -2.31. The molecule has 1 rings (SSSR count). The monoisotopic (exact) mass is 302 g/mol. The van der Waals surface area contributed by atoms with Gasteiger partial charge in [0.15, 0.2) is 0 Å². The van der Waals surface area contributed by atoms with Gasteiger partial charge >= 0.3 is 0 Å². The van der Waals surface area contributed by atoms with E-state index in [1.165, 1.54) is 12.1 Å². The van der Waals surface area contributed by atoms with E-state index in [-0.39, 0.29) is 11.7 Å². The molecule has 1 aromatic carbocycles. The van der Waals surface area contributed by atoms with Crippen LogP contribution in [-0.2, 0) is 15.9 Å². The summed E-state index contributed by atoms with van der Waals surface area (Å²) in [6.07, 6.45) is 0.444. The fourth-order valence-corrected chi connectivity index (χ4v) is 2.28. The summed E-state index contributed by atoms with van der Waals surface area (Å²) in [5.74, 6) is -1.17. The molecule has 2 N–H and O–H groups in total. The molecule has 0 heterocycles. The number of methoxy groups -OCH3 is 2. The van der Waals surface area contributed by atoms with Crippen LogP contribution < -0.4 is 10.6 Å². The maximum Gasteiger partial charge on any atom is 0.149 e. The standard InChI is InChI=1S/C15H24F2N2O2/c1-11(10-21-3)19(6-7-20-2)15-13(16)8-12(4-5-18)9-14(15)17/h8-9,11H,4-7,10,18H2,1-3H3. The first-order chi connectivity index (χ1) is 10.0. The highest BCUT2D eigenvalue weighted by Crippen LogP contribution is 2.27. The third-order valence-electron chi connectivity index (χ3n) is 3.27. The maximum absolute atomic E-state index is 14.3. The van der Waals surface area contributed by atoms with Crippen molar-refractivity contribution in [3.05, 3.63) is 29.3 Å². The van der Waals surface area contributed by atoms with Crippen molar-refractivity contribution in [2.75, 3.05) is 45.4 Å². The van der Waals surface area contributed by atoms with Crippen LogP contribution in [-0.4, -0.2) is 46.6 Å². The molecule has 0 radical (unpaired) electrons. The van der Waals surface area contributed by atoms with Crippen LogP contribution in [0.25, 0.3) is 0 Å². The lowest BCUT2D eigenvalue weighted by Crippen LogP contribution is -2.39. The van der Waals surface area contributed by atoms with Gasteiger partial charge in [-0.05, 0) is 37.6 Å². The zero-order chi connectivity index (χ0) is 15.8. The van der Waals surface area contributed by atoms with Gasteiger partial charge < -0.3 is 20.1 Å². The summed E-state index contributed by atoms with van der Waals surface area (Å²) in [5, 5.41) is 0. The normalized spacial score (nSPS) is 12.5. The second-order valence-corrected chi connectivity index (χ2v) is 4.94. The minimum Gasteiger partial charge on any atom is -0.383 e. The first-order valence-corrected chi connectivity index (χ1v) is 6.97. The summed E-state index contributed by atoms with van der Waals surface area (Å²) in [7, 11) is 3.11. The highest BCUT2D eigenvalue weighted by Gasteiger charge is 2.22. The lowest BCUT2D eigenvalue weighted by molar-refractivity contribution is 0.170. The quantitative estimate of drug-likeness (QED) is 0.757. The van der Waals surface area contributed by atoms with Crippen molar-refractivity contribution in [2.45, 2.75) is 19.4 Å². The van der Waals surface area contributed by atoms with Crippen molar-refractivity contribution in [1.82, 2.24) is 0 Å². The van der Waals surface area contributed by atoms with Crippen molar-refractivity contribution in [2.24, 2.45) is 5.73 Å². The predicted octanol–water partition coefficient (Wildman–Crippen LogP) is 1.95. The average Bonchev–Trinajstić information content (AvgIpc) is 2.42. The third kappa shape index (κ3) is 4.91. The zero-order valence-corrected chi connectivity index (χ0v) is 12.9. The minimum atomic E-state index is -0.586. The van der Waals surface area contributed by atoms with Crippen LogP contribution in [0.2, 0.25) is 0 Å². The van der Waals surface area contributed by atoms with Gasteiger partial charge in [-0.1, -0.05) is 0 Å². The number of rotatable bonds is 9. The first-order valence-electron chi connectivity index (χ1n) is 6.97. The molecule has 6 heteroatoms. The molecular formula is C15H24F2N2O2. The second-order valence-electron chi connectivity index (χ2n) is 4.94. The topological polar surface area (TPSA) is 47.7 Å². The molecule has 0 bridgehead atoms. The highest BCUT2D eigenvalue weighted by molar-refractivity contribution is 5.51. The number of benzene rings is 1. The number of nitrogens with two attached hydrogens (primary N) is 1. The molecule has 0 aromatic heterocycles. The minimum absolute atomic E-state index is 0.0441. The van der Waals surface area contributed by atoms with Crippen molar-refractivity contribution < 1.29 is 18.3 Å². The molecule has 0 amide bonds. The van der Waals surface area contributed by atoms with Crippen LogP contribution in [0.5, 0.6) is 0 Å². The van der Waals surface area contributed by atoms with E-state index >= 15 is 0 Å². The molecule has 0 spiro atoms. The molecule has 0 saturated heterocycles.